The predicted molar refractivity (Wildman–Crippen MR) is 140 cm³/mol. The topological polar surface area (TPSA) is 106 Å². The Hall–Kier alpha value is -4.98. The summed E-state index contributed by atoms with van der Waals surface area (Å²) in [6.07, 6.45) is -3.06. The number of nitriles is 1. The number of allylic oxidation sites excluding steroid dienone is 1. The van der Waals surface area contributed by atoms with Crippen LogP contribution in [0.2, 0.25) is 0 Å². The molecule has 0 saturated carbocycles. The number of ketones is 1. The maximum atomic E-state index is 13.6. The third kappa shape index (κ3) is 5.42. The Balaban J connectivity index is 1.82. The summed E-state index contributed by atoms with van der Waals surface area (Å²) in [6.45, 7) is 2.84. The quantitative estimate of drug-likeness (QED) is 0.446. The summed E-state index contributed by atoms with van der Waals surface area (Å²) in [5, 5.41) is 12.2. The molecule has 0 radical (unpaired) electrons. The Bertz CT molecular complexity index is 1560. The number of carbonyl (C=O) groups is 3. The number of nitrogens with one attached hydrogen (secondary N) is 1. The fraction of sp³-hybridized carbons (Fsp3) is 0.207. The minimum atomic E-state index is -4.63. The molecule has 4 rings (SSSR count). The molecule has 1 atom stereocenters. The molecule has 3 amide bonds. The molecule has 0 spiro atoms. The molecule has 0 bridgehead atoms. The number of urea groups is 1. The molecule has 204 valence electrons. The number of nitrogens with zero attached hydrogens (tertiary/aromatic N) is 4. The van der Waals surface area contributed by atoms with E-state index in [1.54, 1.807) is 24.4 Å². The van der Waals surface area contributed by atoms with Crippen molar-refractivity contribution in [2.24, 2.45) is 0 Å². The van der Waals surface area contributed by atoms with Gasteiger partial charge in [0.05, 0.1) is 41.2 Å². The number of rotatable bonds is 6. The molecule has 1 aromatic heterocycles. The van der Waals surface area contributed by atoms with Crippen molar-refractivity contribution in [1.82, 2.24) is 15.2 Å². The number of carbonyl (C=O) groups excluding carboxylic acids is 3. The Kier molecular flexibility index (Phi) is 7.72. The van der Waals surface area contributed by atoms with Crippen molar-refractivity contribution in [1.29, 1.82) is 5.26 Å². The molecule has 8 nitrogen and oxygen atoms in total. The highest BCUT2D eigenvalue weighted by Gasteiger charge is 2.41. The summed E-state index contributed by atoms with van der Waals surface area (Å²) in [7, 11) is 1.40. The highest BCUT2D eigenvalue weighted by Crippen LogP contribution is 2.41. The lowest BCUT2D eigenvalue weighted by Crippen LogP contribution is -2.49. The molecular weight excluding hydrogens is 523 g/mol. The van der Waals surface area contributed by atoms with Crippen molar-refractivity contribution in [3.63, 3.8) is 0 Å². The Morgan fingerprint density at radius 1 is 1.10 bits per heavy atom. The van der Waals surface area contributed by atoms with E-state index in [1.165, 1.54) is 56.1 Å². The number of aromatic nitrogens is 1. The van der Waals surface area contributed by atoms with Gasteiger partial charge in [0.15, 0.2) is 5.78 Å². The van der Waals surface area contributed by atoms with Crippen LogP contribution in [0, 0.1) is 11.3 Å². The maximum absolute atomic E-state index is 13.6. The van der Waals surface area contributed by atoms with Crippen LogP contribution in [0.1, 0.15) is 52.6 Å². The van der Waals surface area contributed by atoms with Crippen molar-refractivity contribution < 1.29 is 27.6 Å². The van der Waals surface area contributed by atoms with Gasteiger partial charge in [-0.15, -0.1) is 0 Å². The number of amides is 3. The molecule has 2 aromatic carbocycles. The molecule has 3 aromatic rings. The average molecular weight is 548 g/mol. The molecule has 1 unspecified atom stereocenters. The van der Waals surface area contributed by atoms with Crippen LogP contribution in [0.4, 0.5) is 23.7 Å². The van der Waals surface area contributed by atoms with E-state index in [0.717, 1.165) is 17.0 Å². The zero-order valence-electron chi connectivity index (χ0n) is 21.8. The van der Waals surface area contributed by atoms with Gasteiger partial charge in [0.25, 0.3) is 5.91 Å². The van der Waals surface area contributed by atoms with E-state index in [9.17, 15) is 32.8 Å². The summed E-state index contributed by atoms with van der Waals surface area (Å²) in [5.74, 6) is -0.998. The molecule has 0 saturated heterocycles. The minimum absolute atomic E-state index is 0.0606. The van der Waals surface area contributed by atoms with Crippen molar-refractivity contribution in [3.8, 4) is 6.07 Å². The van der Waals surface area contributed by atoms with E-state index in [4.69, 9.17) is 0 Å². The predicted octanol–water partition coefficient (Wildman–Crippen LogP) is 5.38. The van der Waals surface area contributed by atoms with Crippen LogP contribution in [-0.2, 0) is 17.5 Å². The second-order valence-corrected chi connectivity index (χ2v) is 9.15. The largest absolute Gasteiger partial charge is 0.416 e. The van der Waals surface area contributed by atoms with Gasteiger partial charge in [-0.25, -0.2) is 4.79 Å². The van der Waals surface area contributed by atoms with E-state index in [2.05, 4.69) is 10.3 Å². The van der Waals surface area contributed by atoms with E-state index >= 15 is 0 Å². The van der Waals surface area contributed by atoms with Gasteiger partial charge in [-0.05, 0) is 61.9 Å². The molecule has 1 N–H and O–H groups in total. The second kappa shape index (κ2) is 11.0. The van der Waals surface area contributed by atoms with E-state index in [1.807, 2.05) is 6.07 Å². The van der Waals surface area contributed by atoms with Gasteiger partial charge < -0.3 is 10.2 Å². The summed E-state index contributed by atoms with van der Waals surface area (Å²) in [5.41, 5.74) is 0.364. The number of anilines is 1. The molecule has 0 fully saturated rings. The number of alkyl halides is 3. The van der Waals surface area contributed by atoms with Gasteiger partial charge in [0.1, 0.15) is 0 Å². The number of halogens is 3. The Labute approximate surface area is 228 Å². The number of benzene rings is 2. The first-order valence-corrected chi connectivity index (χ1v) is 12.1. The van der Waals surface area contributed by atoms with Gasteiger partial charge in [0.2, 0.25) is 0 Å². The number of likely N-dealkylation sites (N-methyl/N-ethyl adjacent to an activating group) is 1. The van der Waals surface area contributed by atoms with Crippen molar-refractivity contribution in [2.75, 3.05) is 11.9 Å². The van der Waals surface area contributed by atoms with Gasteiger partial charge in [-0.2, -0.15) is 18.4 Å². The lowest BCUT2D eigenvalue weighted by Gasteiger charge is -2.41. The summed E-state index contributed by atoms with van der Waals surface area (Å²) < 4.78 is 40.2. The molecular formula is C29H24F3N5O3. The van der Waals surface area contributed by atoms with Crippen LogP contribution in [-0.4, -0.2) is 34.7 Å². The number of hydrogen-bond acceptors (Lipinski definition) is 5. The van der Waals surface area contributed by atoms with E-state index < -0.39 is 35.5 Å². The number of Topliss-reactive ketones (excluding diaryl/α,β-unsaturated/α-hetero) is 1. The number of pyridine rings is 1. The lowest BCUT2D eigenvalue weighted by atomic mass is 9.87. The molecule has 1 aliphatic rings. The first kappa shape index (κ1) is 28.0. The monoisotopic (exact) mass is 547 g/mol. The first-order valence-electron chi connectivity index (χ1n) is 12.1. The standard InChI is InChI=1S/C29H24F3N5O3/c1-17-25(18(2)38)26(36(3)28(40)37(17)22-9-6-7-20(14-22)29(30,31)32)23-11-10-19(15-33)13-24(23)27(39)35-16-21-8-4-5-12-34-21/h4-14,26H,16H2,1-3H3,(H,35,39). The van der Waals surface area contributed by atoms with E-state index in [-0.39, 0.29) is 40.2 Å². The fourth-order valence-corrected chi connectivity index (χ4v) is 4.69. The van der Waals surface area contributed by atoms with Crippen LogP contribution in [0.5, 0.6) is 0 Å². The van der Waals surface area contributed by atoms with Crippen molar-refractivity contribution >= 4 is 23.4 Å². The van der Waals surface area contributed by atoms with E-state index in [0.29, 0.717) is 5.69 Å². The minimum Gasteiger partial charge on any atom is -0.346 e. The van der Waals surface area contributed by atoms with Crippen molar-refractivity contribution in [3.05, 3.63) is 106 Å². The SMILES string of the molecule is CC(=O)C1=C(C)N(c2cccc(C(F)(F)F)c2)C(=O)N(C)C1c1ccc(C#N)cc1C(=O)NCc1ccccn1. The van der Waals surface area contributed by atoms with Crippen LogP contribution in [0.3, 0.4) is 0 Å². The van der Waals surface area contributed by atoms with Gasteiger partial charge in [0, 0.05) is 30.1 Å². The third-order valence-electron chi connectivity index (χ3n) is 6.57. The van der Waals surface area contributed by atoms with Crippen LogP contribution in [0.25, 0.3) is 0 Å². The zero-order valence-corrected chi connectivity index (χ0v) is 21.8. The average Bonchev–Trinajstić information content (AvgIpc) is 2.93. The third-order valence-corrected chi connectivity index (χ3v) is 6.57. The summed E-state index contributed by atoms with van der Waals surface area (Å²) in [4.78, 5) is 46.4. The normalized spacial score (nSPS) is 15.6. The van der Waals surface area contributed by atoms with Gasteiger partial charge in [-0.1, -0.05) is 18.2 Å². The molecule has 0 aliphatic carbocycles. The fourth-order valence-electron chi connectivity index (χ4n) is 4.69. The van der Waals surface area contributed by atoms with Crippen LogP contribution >= 0.6 is 0 Å². The first-order chi connectivity index (χ1) is 18.9. The summed E-state index contributed by atoms with van der Waals surface area (Å²) in [6, 6.07) is 14.1. The zero-order chi connectivity index (χ0) is 29.2. The maximum Gasteiger partial charge on any atom is 0.416 e. The molecule has 11 heteroatoms. The molecule has 2 heterocycles. The lowest BCUT2D eigenvalue weighted by molar-refractivity contribution is -0.137. The van der Waals surface area contributed by atoms with Gasteiger partial charge in [-0.3, -0.25) is 19.5 Å². The van der Waals surface area contributed by atoms with Gasteiger partial charge >= 0.3 is 12.2 Å². The molecule has 40 heavy (non-hydrogen) atoms. The van der Waals surface area contributed by atoms with Crippen LogP contribution in [0.15, 0.2) is 78.1 Å². The highest BCUT2D eigenvalue weighted by atomic mass is 19.4. The Morgan fingerprint density at radius 2 is 1.85 bits per heavy atom. The molecule has 1 aliphatic heterocycles. The smallest absolute Gasteiger partial charge is 0.346 e. The number of hydrogen-bond donors (Lipinski definition) is 1. The Morgan fingerprint density at radius 3 is 2.48 bits per heavy atom. The second-order valence-electron chi connectivity index (χ2n) is 9.15. The van der Waals surface area contributed by atoms with Crippen molar-refractivity contribution in [2.45, 2.75) is 32.6 Å². The summed E-state index contributed by atoms with van der Waals surface area (Å²) >= 11 is 0. The van der Waals surface area contributed by atoms with Crippen LogP contribution < -0.4 is 10.2 Å². The highest BCUT2D eigenvalue weighted by molar-refractivity contribution is 6.06.